The number of methoxy groups -OCH3 is 1. The van der Waals surface area contributed by atoms with Gasteiger partial charge in [-0.25, -0.2) is 4.98 Å². The normalized spacial score (nSPS) is 10.8. The lowest BCUT2D eigenvalue weighted by molar-refractivity contribution is -0.116. The molecule has 0 atom stereocenters. The van der Waals surface area contributed by atoms with Crippen LogP contribution >= 0.6 is 11.6 Å². The molecule has 0 unspecified atom stereocenters. The fraction of sp³-hybridized carbons (Fsp3) is 0.192. The summed E-state index contributed by atoms with van der Waals surface area (Å²) < 4.78 is 7.14. The number of halogens is 1. The van der Waals surface area contributed by atoms with Gasteiger partial charge in [-0.05, 0) is 55.0 Å². The maximum absolute atomic E-state index is 12.8. The minimum atomic E-state index is -0.159. The minimum Gasteiger partial charge on any atom is -0.497 e. The van der Waals surface area contributed by atoms with Gasteiger partial charge < -0.3 is 19.9 Å². The molecule has 3 aromatic carbocycles. The summed E-state index contributed by atoms with van der Waals surface area (Å²) in [6.07, 6.45) is 1.29. The highest BCUT2D eigenvalue weighted by atomic mass is 35.5. The lowest BCUT2D eigenvalue weighted by Crippen LogP contribution is -2.25. The van der Waals surface area contributed by atoms with E-state index in [9.17, 15) is 9.59 Å². The van der Waals surface area contributed by atoms with Crippen molar-refractivity contribution in [2.75, 3.05) is 19.0 Å². The Morgan fingerprint density at radius 3 is 2.62 bits per heavy atom. The van der Waals surface area contributed by atoms with Crippen LogP contribution in [0.1, 0.15) is 22.6 Å². The number of anilines is 1. The molecule has 34 heavy (non-hydrogen) atoms. The molecule has 0 saturated carbocycles. The monoisotopic (exact) mass is 476 g/mol. The number of benzene rings is 3. The molecule has 0 radical (unpaired) electrons. The highest BCUT2D eigenvalue weighted by Crippen LogP contribution is 2.19. The van der Waals surface area contributed by atoms with Crippen LogP contribution in [0.25, 0.3) is 11.0 Å². The molecule has 0 aliphatic heterocycles. The standard InChI is InChI=1S/C26H25ClN4O3/c1-34-21-7-4-6-20(16-21)29-25(32)17-31-23-9-3-2-8-22(23)30-24(31)10-5-15-28-26(33)18-11-13-19(27)14-12-18/h2-4,6-9,11-14,16H,5,10,15,17H2,1H3,(H,28,33)(H,29,32). The first kappa shape index (κ1) is 23.3. The van der Waals surface area contributed by atoms with Gasteiger partial charge in [0.2, 0.25) is 5.91 Å². The predicted molar refractivity (Wildman–Crippen MR) is 133 cm³/mol. The third-order valence-electron chi connectivity index (χ3n) is 5.36. The molecule has 0 fully saturated rings. The number of carbonyl (C=O) groups excluding carboxylic acids is 2. The van der Waals surface area contributed by atoms with Crippen molar-refractivity contribution in [2.45, 2.75) is 19.4 Å². The second kappa shape index (κ2) is 10.9. The largest absolute Gasteiger partial charge is 0.497 e. The average Bonchev–Trinajstić information content (AvgIpc) is 3.19. The number of amides is 2. The quantitative estimate of drug-likeness (QED) is 0.343. The molecule has 0 aliphatic carbocycles. The number of aryl methyl sites for hydroxylation is 1. The molecule has 4 rings (SSSR count). The molecular formula is C26H25ClN4O3. The smallest absolute Gasteiger partial charge is 0.251 e. The van der Waals surface area contributed by atoms with Gasteiger partial charge in [-0.3, -0.25) is 9.59 Å². The Morgan fingerprint density at radius 1 is 1.03 bits per heavy atom. The van der Waals surface area contributed by atoms with E-state index < -0.39 is 0 Å². The van der Waals surface area contributed by atoms with Crippen molar-refractivity contribution in [3.8, 4) is 5.75 Å². The van der Waals surface area contributed by atoms with Crippen molar-refractivity contribution >= 4 is 40.1 Å². The molecule has 0 bridgehead atoms. The van der Waals surface area contributed by atoms with Crippen molar-refractivity contribution in [3.05, 3.63) is 89.2 Å². The molecule has 1 heterocycles. The first-order valence-electron chi connectivity index (χ1n) is 11.0. The Morgan fingerprint density at radius 2 is 1.82 bits per heavy atom. The Labute approximate surface area is 202 Å². The van der Waals surface area contributed by atoms with Crippen molar-refractivity contribution in [1.82, 2.24) is 14.9 Å². The molecule has 174 valence electrons. The first-order chi connectivity index (χ1) is 16.5. The molecule has 4 aromatic rings. The van der Waals surface area contributed by atoms with Crippen molar-refractivity contribution < 1.29 is 14.3 Å². The lowest BCUT2D eigenvalue weighted by Gasteiger charge is -2.11. The van der Waals surface area contributed by atoms with E-state index in [1.54, 1.807) is 37.4 Å². The summed E-state index contributed by atoms with van der Waals surface area (Å²) >= 11 is 5.88. The first-order valence-corrected chi connectivity index (χ1v) is 11.3. The van der Waals surface area contributed by atoms with E-state index in [-0.39, 0.29) is 18.4 Å². The summed E-state index contributed by atoms with van der Waals surface area (Å²) in [7, 11) is 1.59. The van der Waals surface area contributed by atoms with Crippen LogP contribution in [0.4, 0.5) is 5.69 Å². The summed E-state index contributed by atoms with van der Waals surface area (Å²) in [5.74, 6) is 1.16. The number of aromatic nitrogens is 2. The number of hydrogen-bond acceptors (Lipinski definition) is 4. The zero-order chi connectivity index (χ0) is 23.9. The number of hydrogen-bond donors (Lipinski definition) is 2. The number of imidazole rings is 1. The Bertz CT molecular complexity index is 1300. The lowest BCUT2D eigenvalue weighted by atomic mass is 10.2. The van der Waals surface area contributed by atoms with Crippen molar-refractivity contribution in [3.63, 3.8) is 0 Å². The summed E-state index contributed by atoms with van der Waals surface area (Å²) in [4.78, 5) is 29.8. The second-order valence-corrected chi connectivity index (χ2v) is 8.19. The van der Waals surface area contributed by atoms with Gasteiger partial charge in [0.05, 0.1) is 18.1 Å². The maximum Gasteiger partial charge on any atom is 0.251 e. The van der Waals surface area contributed by atoms with Gasteiger partial charge in [-0.2, -0.15) is 0 Å². The molecule has 0 aliphatic rings. The van der Waals surface area contributed by atoms with E-state index in [1.165, 1.54) is 0 Å². The van der Waals surface area contributed by atoms with Gasteiger partial charge in [0.25, 0.3) is 5.91 Å². The Hall–Kier alpha value is -3.84. The summed E-state index contributed by atoms with van der Waals surface area (Å²) in [5, 5.41) is 6.42. The van der Waals surface area contributed by atoms with Crippen LogP contribution in [0.2, 0.25) is 5.02 Å². The third-order valence-corrected chi connectivity index (χ3v) is 5.61. The van der Waals surface area contributed by atoms with Crippen molar-refractivity contribution in [2.24, 2.45) is 0 Å². The van der Waals surface area contributed by atoms with Gasteiger partial charge in [0.1, 0.15) is 18.1 Å². The van der Waals surface area contributed by atoms with Gasteiger partial charge in [-0.15, -0.1) is 0 Å². The number of nitrogens with zero attached hydrogens (tertiary/aromatic N) is 2. The van der Waals surface area contributed by atoms with Crippen LogP contribution in [0.15, 0.2) is 72.8 Å². The van der Waals surface area contributed by atoms with Crippen LogP contribution in [-0.4, -0.2) is 35.0 Å². The number of fused-ring (bicyclic) bond motifs is 1. The van der Waals surface area contributed by atoms with E-state index in [0.29, 0.717) is 41.4 Å². The number of ether oxygens (including phenoxy) is 1. The van der Waals surface area contributed by atoms with E-state index >= 15 is 0 Å². The van der Waals surface area contributed by atoms with E-state index in [1.807, 2.05) is 47.0 Å². The fourth-order valence-electron chi connectivity index (χ4n) is 3.69. The third kappa shape index (κ3) is 5.74. The van der Waals surface area contributed by atoms with E-state index in [2.05, 4.69) is 10.6 Å². The molecule has 8 heteroatoms. The molecule has 0 spiro atoms. The van der Waals surface area contributed by atoms with Crippen LogP contribution in [0.5, 0.6) is 5.75 Å². The molecule has 2 amide bonds. The molecule has 1 aromatic heterocycles. The number of carbonyl (C=O) groups is 2. The average molecular weight is 477 g/mol. The van der Waals surface area contributed by atoms with Crippen LogP contribution in [-0.2, 0) is 17.8 Å². The molecule has 7 nitrogen and oxygen atoms in total. The van der Waals surface area contributed by atoms with Crippen LogP contribution in [0.3, 0.4) is 0 Å². The van der Waals surface area contributed by atoms with E-state index in [0.717, 1.165) is 16.9 Å². The van der Waals surface area contributed by atoms with Gasteiger partial charge >= 0.3 is 0 Å². The van der Waals surface area contributed by atoms with Gasteiger partial charge in [0.15, 0.2) is 0 Å². The summed E-state index contributed by atoms with van der Waals surface area (Å²) in [5.41, 5.74) is 2.95. The SMILES string of the molecule is COc1cccc(NC(=O)Cn2c(CCCNC(=O)c3ccc(Cl)cc3)nc3ccccc32)c1. The maximum atomic E-state index is 12.8. The number of rotatable bonds is 9. The zero-order valence-corrected chi connectivity index (χ0v) is 19.5. The van der Waals surface area contributed by atoms with Gasteiger partial charge in [0, 0.05) is 35.3 Å². The minimum absolute atomic E-state index is 0.129. The topological polar surface area (TPSA) is 85.2 Å². The molecule has 2 N–H and O–H groups in total. The molecular weight excluding hydrogens is 452 g/mol. The highest BCUT2D eigenvalue weighted by Gasteiger charge is 2.14. The fourth-order valence-corrected chi connectivity index (χ4v) is 3.82. The molecule has 0 saturated heterocycles. The number of para-hydroxylation sites is 2. The summed E-state index contributed by atoms with van der Waals surface area (Å²) in [6.45, 7) is 0.616. The summed E-state index contributed by atoms with van der Waals surface area (Å²) in [6, 6.07) is 21.7. The second-order valence-electron chi connectivity index (χ2n) is 7.75. The van der Waals surface area contributed by atoms with E-state index in [4.69, 9.17) is 21.3 Å². The highest BCUT2D eigenvalue weighted by molar-refractivity contribution is 6.30. The van der Waals surface area contributed by atoms with Crippen LogP contribution < -0.4 is 15.4 Å². The Balaban J connectivity index is 1.41. The predicted octanol–water partition coefficient (Wildman–Crippen LogP) is 4.70. The van der Waals surface area contributed by atoms with Gasteiger partial charge in [-0.1, -0.05) is 29.8 Å². The Kier molecular flexibility index (Phi) is 7.44. The van der Waals surface area contributed by atoms with Crippen LogP contribution in [0, 0.1) is 0 Å². The zero-order valence-electron chi connectivity index (χ0n) is 18.8. The number of nitrogens with one attached hydrogen (secondary N) is 2. The van der Waals surface area contributed by atoms with Crippen molar-refractivity contribution in [1.29, 1.82) is 0 Å².